The second-order valence-electron chi connectivity index (χ2n) is 20.8. The number of thioether (sulfide) groups is 2. The predicted octanol–water partition coefficient (Wildman–Crippen LogP) is 15.0. The first-order chi connectivity index (χ1) is 58.6. The lowest BCUT2D eigenvalue weighted by Gasteiger charge is -2.28. The summed E-state index contributed by atoms with van der Waals surface area (Å²) in [6.45, 7) is -5.10. The minimum Gasteiger partial charge on any atom is -0.336 e. The Morgan fingerprint density at radius 1 is 0.573 bits per heavy atom. The molecule has 10 rings (SSSR count). The number of alkyl halides is 6. The third-order valence-electron chi connectivity index (χ3n) is 14.5. The Morgan fingerprint density at radius 3 is 1.54 bits per heavy atom. The predicted molar refractivity (Wildman–Crippen MR) is 362 cm³/mol. The van der Waals surface area contributed by atoms with Gasteiger partial charge < -0.3 is 28.7 Å². The molecule has 0 fully saturated rings. The highest BCUT2D eigenvalue weighted by molar-refractivity contribution is 7.98. The molecule has 0 saturated carbocycles. The third kappa shape index (κ3) is 19.0. The number of hydrogen-bond donors (Lipinski definition) is 0. The molecule has 2 amide bonds. The summed E-state index contributed by atoms with van der Waals surface area (Å²) in [4.78, 5) is 68.8. The van der Waals surface area contributed by atoms with Crippen LogP contribution in [0.5, 0.6) is 0 Å². The van der Waals surface area contributed by atoms with E-state index in [0.29, 0.717) is 51.7 Å². The van der Waals surface area contributed by atoms with Crippen molar-refractivity contribution >= 4 is 35.3 Å². The van der Waals surface area contributed by atoms with E-state index in [1.165, 1.54) is 36.4 Å². The molecule has 12 nitrogen and oxygen atoms in total. The van der Waals surface area contributed by atoms with Crippen LogP contribution < -0.4 is 11.1 Å². The van der Waals surface area contributed by atoms with Gasteiger partial charge in [0.25, 0.3) is 11.1 Å². The van der Waals surface area contributed by atoms with Crippen LogP contribution in [0.15, 0.2) is 159 Å². The van der Waals surface area contributed by atoms with Crippen LogP contribution in [0.25, 0.3) is 22.3 Å². The molecule has 2 aliphatic carbocycles. The number of aromatic nitrogens is 4. The van der Waals surface area contributed by atoms with E-state index in [4.69, 9.17) is 32.9 Å². The summed E-state index contributed by atoms with van der Waals surface area (Å²) in [5.41, 5.74) is -19.6. The van der Waals surface area contributed by atoms with Crippen LogP contribution >= 0.6 is 23.5 Å². The molecular formula is C74H80F8N8O4S2. The standard InChI is InChI=1S/2C37H40F4N4O2S/c1-4-43(5-2)18-19-44(22-26-6-10-28(11-7-26)29-12-14-30(15-13-29)37(39,40)41)34(46)23-45-33-21-25(3)20-32(33)35(47)42-36(45)48-24-27-8-16-31(38)17-9-27;1-4-43(5-2)19-20-44(22-29-12-11-28(21-25(29)3)27-13-15-30(16-14-27)37(39,40)41)34(46)23-45-33-8-6-7-32(33)35(47)42-36(45)48-24-26-9-17-31(38)18-10-26/h6-17,25H,4-5,18-24H2,1-3H3;9-18,21H,4-8,19-20,22-24H2,1-3H3/i8D,9D,16D,17D,20D2,21D2,22D2,23D2,24D2,25D;9D,10D,11D,12D,13D,14D,15D,16D,17D,18D,21D,22D2,23D2,24D2. The molecule has 6 aromatic carbocycles. The molecular weight excluding hydrogens is 1280 g/mol. The summed E-state index contributed by atoms with van der Waals surface area (Å²) in [5.74, 6) is -9.71. The number of rotatable bonds is 26. The average molecular weight is 1390 g/mol. The van der Waals surface area contributed by atoms with Crippen LogP contribution in [0, 0.1) is 24.5 Å². The van der Waals surface area contributed by atoms with Crippen LogP contribution in [-0.2, 0) is 84.9 Å². The first-order valence-corrected chi connectivity index (χ1v) is 31.1. The van der Waals surface area contributed by atoms with Gasteiger partial charge in [-0.1, -0.05) is 149 Å². The molecule has 0 N–H and O–H groups in total. The average Bonchev–Trinajstić information content (AvgIpc) is 1.51. The zero-order chi connectivity index (χ0) is 97.2. The van der Waals surface area contributed by atoms with Gasteiger partial charge in [-0.25, -0.2) is 8.78 Å². The van der Waals surface area contributed by atoms with Gasteiger partial charge in [-0.2, -0.15) is 36.3 Å². The van der Waals surface area contributed by atoms with Crippen LogP contribution in [0.2, 0.25) is 0 Å². The van der Waals surface area contributed by atoms with Gasteiger partial charge in [0.1, 0.15) is 24.6 Å². The second-order valence-corrected chi connectivity index (χ2v) is 22.3. The fraction of sp³-hybridized carbons (Fsp3) is 0.378. The number of hydrogen-bond acceptors (Lipinski definition) is 10. The number of carbonyl (C=O) groups is 2. The number of amides is 2. The maximum Gasteiger partial charge on any atom is 0.416 e. The lowest BCUT2D eigenvalue weighted by Crippen LogP contribution is -2.40. The topological polar surface area (TPSA) is 117 Å². The quantitative estimate of drug-likeness (QED) is 0.0295. The normalized spacial score (nSPS) is 21.1. The van der Waals surface area contributed by atoms with E-state index in [0.717, 1.165) is 26.0 Å². The zero-order valence-corrected chi connectivity index (χ0v) is 53.6. The molecule has 8 aromatic rings. The van der Waals surface area contributed by atoms with Crippen molar-refractivity contribution in [2.45, 2.75) is 134 Å². The number of benzene rings is 6. The van der Waals surface area contributed by atoms with E-state index in [1.54, 1.807) is 37.5 Å². The lowest BCUT2D eigenvalue weighted by molar-refractivity contribution is -0.138. The molecule has 0 aliphatic heterocycles. The Kier molecular flexibility index (Phi) is 13.9. The molecule has 0 bridgehead atoms. The summed E-state index contributed by atoms with van der Waals surface area (Å²) >= 11 is -0.423. The zero-order valence-electron chi connectivity index (χ0n) is 83.9. The van der Waals surface area contributed by atoms with Crippen molar-refractivity contribution < 1.29 is 88.6 Å². The van der Waals surface area contributed by atoms with Gasteiger partial charge in [0, 0.05) is 85.4 Å². The number of halogens is 8. The van der Waals surface area contributed by atoms with Crippen molar-refractivity contribution in [2.75, 3.05) is 52.4 Å². The molecule has 0 saturated heterocycles. The molecule has 22 heteroatoms. The van der Waals surface area contributed by atoms with E-state index >= 15 is 4.79 Å². The van der Waals surface area contributed by atoms with Crippen molar-refractivity contribution in [2.24, 2.45) is 5.89 Å². The van der Waals surface area contributed by atoms with E-state index in [-0.39, 0.29) is 77.3 Å². The SMILES string of the molecule is [2H]c1c([2H])c(C([2H])([2H])Sc2nc(=O)c3c(n2C([2H])([2H])C(=O)N(CCN(CC)CC)C([2H])([2H])c2c([2H])c([2H])c(-c4c([2H])c([2H])c(C(F)(F)F)c([2H])c4[2H])c([2H])c2C)CCC3)c([2H])c([2H])c1F.[2H]c1c([2H])c(C([2H])([2H])Sc2nc(=O)c3c(n2C([2H])([2H])C(=O)N(CCN(CC)CC)C([2H])([2H])c2ccc(-c4ccc(C(F)(F)F)cc4)cc2)C([2H])([2H])C([2H])(C)C3([2H])[2H])c([2H])c([2H])c1F. The molecule has 508 valence electrons. The fourth-order valence-electron chi connectivity index (χ4n) is 9.39. The smallest absolute Gasteiger partial charge is 0.336 e. The molecule has 2 heterocycles. The minimum atomic E-state index is -5.34. The van der Waals surface area contributed by atoms with E-state index in [9.17, 15) is 60.5 Å². The summed E-state index contributed by atoms with van der Waals surface area (Å²) < 4.78 is 389. The second kappa shape index (κ2) is 32.9. The van der Waals surface area contributed by atoms with Crippen molar-refractivity contribution in [3.05, 3.63) is 233 Å². The van der Waals surface area contributed by atoms with Gasteiger partial charge in [-0.15, -0.1) is 0 Å². The van der Waals surface area contributed by atoms with Crippen LogP contribution in [0.3, 0.4) is 0 Å². The van der Waals surface area contributed by atoms with Gasteiger partial charge in [0.05, 0.1) is 42.7 Å². The Balaban J connectivity index is 0.000000289. The molecule has 0 radical (unpaired) electrons. The largest absolute Gasteiger partial charge is 0.416 e. The Bertz CT molecular complexity index is 5750. The summed E-state index contributed by atoms with van der Waals surface area (Å²) in [7, 11) is 0. The summed E-state index contributed by atoms with van der Waals surface area (Å²) in [5, 5.41) is -2.10. The molecule has 2 aromatic heterocycles. The molecule has 96 heavy (non-hydrogen) atoms. The summed E-state index contributed by atoms with van der Waals surface area (Å²) in [6, 6.07) is -9.51. The highest BCUT2D eigenvalue weighted by atomic mass is 32.2. The fourth-order valence-corrected chi connectivity index (χ4v) is 10.7. The van der Waals surface area contributed by atoms with Gasteiger partial charge in [0.15, 0.2) is 10.3 Å². The molecule has 1 atom stereocenters. The molecule has 1 unspecified atom stereocenters. The number of fused-ring (bicyclic) bond motifs is 2. The van der Waals surface area contributed by atoms with Gasteiger partial charge in [0.2, 0.25) is 11.8 Å². The highest BCUT2D eigenvalue weighted by Gasteiger charge is 2.33. The van der Waals surface area contributed by atoms with Crippen LogP contribution in [0.1, 0.15) is 146 Å². The van der Waals surface area contributed by atoms with E-state index < -0.39 is 273 Å². The van der Waals surface area contributed by atoms with E-state index in [1.807, 2.05) is 0 Å². The van der Waals surface area contributed by atoms with Crippen molar-refractivity contribution in [1.29, 1.82) is 0 Å². The summed E-state index contributed by atoms with van der Waals surface area (Å²) in [6.07, 6.45) is -16.5. The third-order valence-corrected chi connectivity index (χ3v) is 16.1. The number of likely N-dealkylation sites (N-methyl/N-ethyl adjacent to an activating group) is 2. The van der Waals surface area contributed by atoms with Crippen LogP contribution in [-0.4, -0.2) is 103 Å². The van der Waals surface area contributed by atoms with E-state index in [2.05, 4.69) is 9.97 Å². The maximum atomic E-state index is 15.0. The number of nitrogens with zero attached hydrogens (tertiary/aromatic N) is 8. The Labute approximate surface area is 608 Å². The first-order valence-electron chi connectivity index (χ1n) is 45.5. The van der Waals surface area contributed by atoms with Crippen molar-refractivity contribution in [3.8, 4) is 22.3 Å². The van der Waals surface area contributed by atoms with Crippen molar-refractivity contribution in [1.82, 2.24) is 38.7 Å². The lowest BCUT2D eigenvalue weighted by atomic mass is 9.98. The first kappa shape index (κ1) is 40.7. The Hall–Kier alpha value is -7.92. The maximum absolute atomic E-state index is 15.0. The Morgan fingerprint density at radius 2 is 1.04 bits per heavy atom. The van der Waals surface area contributed by atoms with Crippen molar-refractivity contribution in [3.63, 3.8) is 0 Å². The highest BCUT2D eigenvalue weighted by Crippen LogP contribution is 2.35. The van der Waals surface area contributed by atoms with Gasteiger partial charge in [-0.3, -0.25) is 19.2 Å². The molecule has 2 aliphatic rings. The minimum absolute atomic E-state index is 0.0284. The molecule has 0 spiro atoms. The number of carbonyl (C=O) groups excluding carboxylic acids is 2. The monoisotopic (exact) mass is 1390 g/mol. The van der Waals surface area contributed by atoms with Gasteiger partial charge >= 0.3 is 12.4 Å². The van der Waals surface area contributed by atoms with Gasteiger partial charge in [-0.05, 0) is 169 Å². The van der Waals surface area contributed by atoms with Crippen LogP contribution in [0.4, 0.5) is 35.1 Å².